The van der Waals surface area contributed by atoms with Crippen LogP contribution in [-0.2, 0) is 15.1 Å². The number of likely N-dealkylation sites (N-methyl/N-ethyl adjacent to an activating group) is 1. The molecule has 0 aliphatic carbocycles. The number of para-hydroxylation sites is 1. The lowest BCUT2D eigenvalue weighted by Gasteiger charge is -2.35. The maximum atomic E-state index is 13.9. The van der Waals surface area contributed by atoms with Gasteiger partial charge in [-0.05, 0) is 42.4 Å². The number of likely N-dealkylation sites (tertiary alicyclic amines) is 1. The second-order valence-corrected chi connectivity index (χ2v) is 9.36. The van der Waals surface area contributed by atoms with Crippen molar-refractivity contribution in [1.82, 2.24) is 4.90 Å². The molecule has 1 N–H and O–H groups in total. The van der Waals surface area contributed by atoms with Crippen molar-refractivity contribution in [2.24, 2.45) is 5.92 Å². The normalized spacial score (nSPS) is 23.9. The number of hydrogen-bond acceptors (Lipinski definition) is 4. The maximum Gasteiger partial charge on any atom is 0.250 e. The Hall–Kier alpha value is -3.70. The highest BCUT2D eigenvalue weighted by Gasteiger charge is 2.63. The van der Waals surface area contributed by atoms with Gasteiger partial charge < -0.3 is 10.2 Å². The van der Waals surface area contributed by atoms with Crippen LogP contribution in [0.4, 0.5) is 11.4 Å². The zero-order valence-corrected chi connectivity index (χ0v) is 19.7. The molecule has 3 atom stereocenters. The van der Waals surface area contributed by atoms with Gasteiger partial charge in [0.1, 0.15) is 5.54 Å². The Morgan fingerprint density at radius 2 is 1.68 bits per heavy atom. The highest BCUT2D eigenvalue weighted by molar-refractivity contribution is 6.11. The number of nitrogens with zero attached hydrogens (tertiary/aromatic N) is 2. The fourth-order valence-electron chi connectivity index (χ4n) is 5.59. The Morgan fingerprint density at radius 1 is 1.00 bits per heavy atom. The molecule has 5 rings (SSSR count). The summed E-state index contributed by atoms with van der Waals surface area (Å²) in [6, 6.07) is 25.9. The highest BCUT2D eigenvalue weighted by atomic mass is 16.2. The van der Waals surface area contributed by atoms with Gasteiger partial charge in [0.05, 0.1) is 5.92 Å². The molecule has 5 heteroatoms. The standard InChI is InChI=1S/C29H29N3O2/c1-31(2)22-16-14-21(15-17-22)23-19-32(3)29(24-11-7-8-12-25(24)30-28(29)34)27(23)26(33)18-13-20-9-5-4-6-10-20/h4-18,23,27H,19H2,1-3H3,(H,30,34). The van der Waals surface area contributed by atoms with Gasteiger partial charge >= 0.3 is 0 Å². The van der Waals surface area contributed by atoms with Crippen LogP contribution in [0.5, 0.6) is 0 Å². The predicted molar refractivity (Wildman–Crippen MR) is 137 cm³/mol. The number of nitrogens with one attached hydrogen (secondary N) is 1. The highest BCUT2D eigenvalue weighted by Crippen LogP contribution is 2.55. The van der Waals surface area contributed by atoms with Gasteiger partial charge in [0.15, 0.2) is 5.78 Å². The predicted octanol–water partition coefficient (Wildman–Crippen LogP) is 4.53. The molecular formula is C29H29N3O2. The van der Waals surface area contributed by atoms with Crippen molar-refractivity contribution < 1.29 is 9.59 Å². The molecule has 1 fully saturated rings. The quantitative estimate of drug-likeness (QED) is 0.579. The van der Waals surface area contributed by atoms with Crippen LogP contribution < -0.4 is 10.2 Å². The van der Waals surface area contributed by atoms with Gasteiger partial charge in [-0.2, -0.15) is 0 Å². The molecule has 3 aromatic carbocycles. The number of ketones is 1. The fourth-order valence-corrected chi connectivity index (χ4v) is 5.59. The van der Waals surface area contributed by atoms with Gasteiger partial charge in [-0.3, -0.25) is 14.5 Å². The number of rotatable bonds is 5. The van der Waals surface area contributed by atoms with E-state index in [2.05, 4.69) is 39.4 Å². The molecule has 1 amide bonds. The third kappa shape index (κ3) is 3.44. The van der Waals surface area contributed by atoms with E-state index in [4.69, 9.17) is 0 Å². The molecule has 0 bridgehead atoms. The molecule has 0 radical (unpaired) electrons. The van der Waals surface area contributed by atoms with E-state index in [0.29, 0.717) is 6.54 Å². The summed E-state index contributed by atoms with van der Waals surface area (Å²) >= 11 is 0. The summed E-state index contributed by atoms with van der Waals surface area (Å²) < 4.78 is 0. The minimum atomic E-state index is -1.04. The second-order valence-electron chi connectivity index (χ2n) is 9.36. The van der Waals surface area contributed by atoms with Gasteiger partial charge in [-0.1, -0.05) is 66.7 Å². The van der Waals surface area contributed by atoms with Gasteiger partial charge in [-0.15, -0.1) is 0 Å². The summed E-state index contributed by atoms with van der Waals surface area (Å²) in [6.45, 7) is 0.610. The number of fused-ring (bicyclic) bond motifs is 2. The second kappa shape index (κ2) is 8.58. The molecule has 0 saturated carbocycles. The molecule has 34 heavy (non-hydrogen) atoms. The lowest BCUT2D eigenvalue weighted by atomic mass is 9.71. The molecule has 1 saturated heterocycles. The number of carbonyl (C=O) groups excluding carboxylic acids is 2. The summed E-state index contributed by atoms with van der Waals surface area (Å²) in [4.78, 5) is 31.7. The van der Waals surface area contributed by atoms with E-state index < -0.39 is 11.5 Å². The van der Waals surface area contributed by atoms with Crippen LogP contribution in [0.1, 0.15) is 22.6 Å². The zero-order valence-electron chi connectivity index (χ0n) is 19.7. The van der Waals surface area contributed by atoms with Gasteiger partial charge in [-0.25, -0.2) is 0 Å². The SMILES string of the molecule is CN(C)c1ccc(C2CN(C)C3(C(=O)Nc4ccccc43)C2C(=O)C=Cc2ccccc2)cc1. The number of benzene rings is 3. The van der Waals surface area contributed by atoms with Crippen molar-refractivity contribution in [1.29, 1.82) is 0 Å². The summed E-state index contributed by atoms with van der Waals surface area (Å²) in [5.74, 6) is -0.839. The number of hydrogen-bond donors (Lipinski definition) is 1. The molecule has 0 aromatic heterocycles. The first-order valence-electron chi connectivity index (χ1n) is 11.6. The number of anilines is 2. The van der Waals surface area contributed by atoms with E-state index in [0.717, 1.165) is 28.1 Å². The lowest BCUT2D eigenvalue weighted by molar-refractivity contribution is -0.133. The Balaban J connectivity index is 1.62. The molecule has 2 aliphatic heterocycles. The molecule has 2 heterocycles. The molecule has 3 aromatic rings. The van der Waals surface area contributed by atoms with Crippen LogP contribution in [0.25, 0.3) is 6.08 Å². The minimum Gasteiger partial charge on any atom is -0.378 e. The molecule has 3 unspecified atom stereocenters. The molecular weight excluding hydrogens is 422 g/mol. The van der Waals surface area contributed by atoms with E-state index in [9.17, 15) is 9.59 Å². The van der Waals surface area contributed by atoms with Crippen molar-refractivity contribution in [2.45, 2.75) is 11.5 Å². The zero-order chi connectivity index (χ0) is 23.9. The number of amides is 1. The van der Waals surface area contributed by atoms with Crippen molar-refractivity contribution in [3.8, 4) is 0 Å². The van der Waals surface area contributed by atoms with Crippen LogP contribution in [0.3, 0.4) is 0 Å². The Morgan fingerprint density at radius 3 is 2.38 bits per heavy atom. The first kappa shape index (κ1) is 22.1. The van der Waals surface area contributed by atoms with Crippen LogP contribution in [-0.4, -0.2) is 44.3 Å². The first-order valence-corrected chi connectivity index (χ1v) is 11.6. The van der Waals surface area contributed by atoms with Gasteiger partial charge in [0.2, 0.25) is 5.91 Å². The van der Waals surface area contributed by atoms with E-state index in [1.165, 1.54) is 0 Å². The fraction of sp³-hybridized carbons (Fsp3) is 0.241. The molecule has 172 valence electrons. The van der Waals surface area contributed by atoms with Crippen molar-refractivity contribution in [2.75, 3.05) is 37.9 Å². The Labute approximate surface area is 200 Å². The average molecular weight is 452 g/mol. The van der Waals surface area contributed by atoms with Gasteiger partial charge in [0.25, 0.3) is 0 Å². The number of allylic oxidation sites excluding steroid dienone is 1. The van der Waals surface area contributed by atoms with E-state index in [1.807, 2.05) is 81.8 Å². The van der Waals surface area contributed by atoms with Gasteiger partial charge in [0, 0.05) is 43.5 Å². The summed E-state index contributed by atoms with van der Waals surface area (Å²) in [5, 5.41) is 3.05. The first-order chi connectivity index (χ1) is 16.4. The third-order valence-electron chi connectivity index (χ3n) is 7.24. The van der Waals surface area contributed by atoms with Crippen molar-refractivity contribution in [3.05, 3.63) is 102 Å². The summed E-state index contributed by atoms with van der Waals surface area (Å²) in [6.07, 6.45) is 3.50. The maximum absolute atomic E-state index is 13.9. The van der Waals surface area contributed by atoms with Crippen LogP contribution in [0.15, 0.2) is 84.9 Å². The smallest absolute Gasteiger partial charge is 0.250 e. The third-order valence-corrected chi connectivity index (χ3v) is 7.24. The van der Waals surface area contributed by atoms with E-state index in [-0.39, 0.29) is 17.6 Å². The molecule has 5 nitrogen and oxygen atoms in total. The van der Waals surface area contributed by atoms with E-state index >= 15 is 0 Å². The molecule has 1 spiro atoms. The van der Waals surface area contributed by atoms with Crippen molar-refractivity contribution >= 4 is 29.1 Å². The van der Waals surface area contributed by atoms with Crippen LogP contribution in [0.2, 0.25) is 0 Å². The topological polar surface area (TPSA) is 52.6 Å². The average Bonchev–Trinajstić information content (AvgIpc) is 3.33. The van der Waals surface area contributed by atoms with E-state index in [1.54, 1.807) is 6.08 Å². The lowest BCUT2D eigenvalue weighted by Crippen LogP contribution is -2.51. The largest absolute Gasteiger partial charge is 0.378 e. The molecule has 2 aliphatic rings. The minimum absolute atomic E-state index is 0.0401. The van der Waals surface area contributed by atoms with Crippen LogP contribution >= 0.6 is 0 Å². The van der Waals surface area contributed by atoms with Crippen molar-refractivity contribution in [3.63, 3.8) is 0 Å². The summed E-state index contributed by atoms with van der Waals surface area (Å²) in [7, 11) is 5.97. The monoisotopic (exact) mass is 451 g/mol. The Bertz CT molecular complexity index is 1250. The number of carbonyl (C=O) groups is 2. The van der Waals surface area contributed by atoms with Crippen LogP contribution in [0, 0.1) is 5.92 Å². The Kier molecular flexibility index (Phi) is 5.58. The summed E-state index contributed by atoms with van der Waals surface area (Å²) in [5.41, 5.74) is 3.74.